The smallest absolute Gasteiger partial charge is 0.0840 e. The van der Waals surface area contributed by atoms with E-state index >= 15 is 0 Å². The molecule has 0 aromatic heterocycles. The first-order valence-electron chi connectivity index (χ1n) is 7.70. The molecule has 1 atom stereocenters. The third-order valence-electron chi connectivity index (χ3n) is 4.80. The van der Waals surface area contributed by atoms with E-state index in [0.717, 1.165) is 39.0 Å². The summed E-state index contributed by atoms with van der Waals surface area (Å²) in [4.78, 5) is 0. The minimum atomic E-state index is 0.0939. The molecule has 1 spiro atoms. The molecule has 1 aromatic carbocycles. The first-order valence-corrected chi connectivity index (χ1v) is 7.70. The Kier molecular flexibility index (Phi) is 4.11. The van der Waals surface area contributed by atoms with Crippen LogP contribution in [0.15, 0.2) is 18.2 Å². The number of nitrogens with one attached hydrogen (secondary N) is 1. The molecule has 2 aliphatic heterocycles. The van der Waals surface area contributed by atoms with Crippen molar-refractivity contribution in [1.29, 1.82) is 0 Å². The summed E-state index contributed by atoms with van der Waals surface area (Å²) in [6, 6.07) is 6.42. The van der Waals surface area contributed by atoms with Gasteiger partial charge in [-0.1, -0.05) is 18.2 Å². The molecular formula is C17H25NO2. The number of rotatable bonds is 3. The van der Waals surface area contributed by atoms with Gasteiger partial charge in [-0.2, -0.15) is 0 Å². The fourth-order valence-electron chi connectivity index (χ4n) is 3.42. The van der Waals surface area contributed by atoms with Crippen molar-refractivity contribution in [2.75, 3.05) is 19.7 Å². The van der Waals surface area contributed by atoms with Gasteiger partial charge in [-0.3, -0.25) is 0 Å². The second-order valence-corrected chi connectivity index (χ2v) is 6.25. The van der Waals surface area contributed by atoms with Gasteiger partial charge >= 0.3 is 0 Å². The topological polar surface area (TPSA) is 30.5 Å². The molecule has 1 N–H and O–H groups in total. The standard InChI is InChI=1S/C17H25NO2/c1-13-4-3-5-14(2)16(13)12-19-15-10-17(20-11-15)6-8-18-9-7-17/h3-5,15,18H,6-12H2,1-2H3. The van der Waals surface area contributed by atoms with E-state index < -0.39 is 0 Å². The summed E-state index contributed by atoms with van der Waals surface area (Å²) in [6.07, 6.45) is 3.55. The maximum Gasteiger partial charge on any atom is 0.0840 e. The zero-order valence-electron chi connectivity index (χ0n) is 12.6. The molecule has 0 aliphatic carbocycles. The van der Waals surface area contributed by atoms with Crippen LogP contribution in [-0.2, 0) is 16.1 Å². The van der Waals surface area contributed by atoms with E-state index in [-0.39, 0.29) is 11.7 Å². The highest BCUT2D eigenvalue weighted by Crippen LogP contribution is 2.35. The van der Waals surface area contributed by atoms with Crippen molar-refractivity contribution in [1.82, 2.24) is 5.32 Å². The maximum absolute atomic E-state index is 6.13. The predicted octanol–water partition coefficient (Wildman–Crippen LogP) is 2.73. The minimum absolute atomic E-state index is 0.0939. The van der Waals surface area contributed by atoms with Gasteiger partial charge in [0, 0.05) is 6.42 Å². The normalized spacial score (nSPS) is 25.2. The lowest BCUT2D eigenvalue weighted by Crippen LogP contribution is -2.41. The zero-order chi connectivity index (χ0) is 14.0. The van der Waals surface area contributed by atoms with Crippen molar-refractivity contribution in [2.45, 2.75) is 51.4 Å². The molecule has 0 radical (unpaired) electrons. The molecule has 2 heterocycles. The zero-order valence-corrected chi connectivity index (χ0v) is 12.6. The van der Waals surface area contributed by atoms with Crippen molar-refractivity contribution >= 4 is 0 Å². The summed E-state index contributed by atoms with van der Waals surface area (Å²) in [5, 5.41) is 3.40. The van der Waals surface area contributed by atoms with Crippen molar-refractivity contribution in [3.63, 3.8) is 0 Å². The number of ether oxygens (including phenoxy) is 2. The van der Waals surface area contributed by atoms with E-state index in [4.69, 9.17) is 9.47 Å². The SMILES string of the molecule is Cc1cccc(C)c1COC1COC2(CCNCC2)C1. The van der Waals surface area contributed by atoms with Crippen LogP contribution in [0.5, 0.6) is 0 Å². The van der Waals surface area contributed by atoms with E-state index in [1.807, 2.05) is 0 Å². The Hall–Kier alpha value is -0.900. The molecule has 0 saturated carbocycles. The molecule has 1 unspecified atom stereocenters. The summed E-state index contributed by atoms with van der Waals surface area (Å²) in [5.41, 5.74) is 4.07. The molecule has 2 saturated heterocycles. The molecule has 3 rings (SSSR count). The third-order valence-corrected chi connectivity index (χ3v) is 4.80. The lowest BCUT2D eigenvalue weighted by molar-refractivity contribution is -0.0241. The van der Waals surface area contributed by atoms with E-state index in [0.29, 0.717) is 6.61 Å². The van der Waals surface area contributed by atoms with Crippen LogP contribution < -0.4 is 5.32 Å². The fraction of sp³-hybridized carbons (Fsp3) is 0.647. The Balaban J connectivity index is 1.57. The molecule has 20 heavy (non-hydrogen) atoms. The second kappa shape index (κ2) is 5.84. The molecule has 1 aromatic rings. The van der Waals surface area contributed by atoms with Crippen LogP contribution in [0.2, 0.25) is 0 Å². The monoisotopic (exact) mass is 275 g/mol. The number of hydrogen-bond donors (Lipinski definition) is 1. The highest BCUT2D eigenvalue weighted by Gasteiger charge is 2.41. The summed E-state index contributed by atoms with van der Waals surface area (Å²) in [7, 11) is 0. The Morgan fingerprint density at radius 3 is 2.65 bits per heavy atom. The Labute approximate surface area is 121 Å². The molecule has 110 valence electrons. The van der Waals surface area contributed by atoms with Gasteiger partial charge < -0.3 is 14.8 Å². The van der Waals surface area contributed by atoms with Gasteiger partial charge in [-0.25, -0.2) is 0 Å². The van der Waals surface area contributed by atoms with Crippen LogP contribution >= 0.6 is 0 Å². The Bertz CT molecular complexity index is 446. The Morgan fingerprint density at radius 2 is 1.95 bits per heavy atom. The van der Waals surface area contributed by atoms with E-state index in [9.17, 15) is 0 Å². The summed E-state index contributed by atoms with van der Waals surface area (Å²) in [6.45, 7) is 7.93. The van der Waals surface area contributed by atoms with Crippen LogP contribution in [0.3, 0.4) is 0 Å². The average molecular weight is 275 g/mol. The highest BCUT2D eigenvalue weighted by atomic mass is 16.6. The van der Waals surface area contributed by atoms with Gasteiger partial charge in [0.15, 0.2) is 0 Å². The van der Waals surface area contributed by atoms with E-state index in [1.54, 1.807) is 0 Å². The van der Waals surface area contributed by atoms with Gasteiger partial charge in [0.25, 0.3) is 0 Å². The highest BCUT2D eigenvalue weighted by molar-refractivity contribution is 5.32. The number of aryl methyl sites for hydroxylation is 2. The first kappa shape index (κ1) is 14.1. The lowest BCUT2D eigenvalue weighted by Gasteiger charge is -2.32. The fourth-order valence-corrected chi connectivity index (χ4v) is 3.42. The summed E-state index contributed by atoms with van der Waals surface area (Å²) < 4.78 is 12.2. The maximum atomic E-state index is 6.13. The van der Waals surface area contributed by atoms with Crippen LogP contribution in [0.4, 0.5) is 0 Å². The Morgan fingerprint density at radius 1 is 1.25 bits per heavy atom. The first-order chi connectivity index (χ1) is 9.69. The quantitative estimate of drug-likeness (QED) is 0.920. The molecule has 2 fully saturated rings. The van der Waals surface area contributed by atoms with Crippen molar-refractivity contribution in [2.24, 2.45) is 0 Å². The van der Waals surface area contributed by atoms with Gasteiger partial charge in [0.05, 0.1) is 24.9 Å². The summed E-state index contributed by atoms with van der Waals surface area (Å²) >= 11 is 0. The van der Waals surface area contributed by atoms with Crippen LogP contribution in [0.1, 0.15) is 36.0 Å². The largest absolute Gasteiger partial charge is 0.372 e. The molecular weight excluding hydrogens is 250 g/mol. The van der Waals surface area contributed by atoms with Crippen LogP contribution in [-0.4, -0.2) is 31.4 Å². The predicted molar refractivity (Wildman–Crippen MR) is 79.9 cm³/mol. The molecule has 0 bridgehead atoms. The van der Waals surface area contributed by atoms with E-state index in [1.165, 1.54) is 16.7 Å². The lowest BCUT2D eigenvalue weighted by atomic mass is 9.89. The number of piperidine rings is 1. The van der Waals surface area contributed by atoms with Gasteiger partial charge in [-0.05, 0) is 56.5 Å². The summed E-state index contributed by atoms with van der Waals surface area (Å²) in [5.74, 6) is 0. The van der Waals surface area contributed by atoms with Gasteiger partial charge in [0.2, 0.25) is 0 Å². The minimum Gasteiger partial charge on any atom is -0.372 e. The van der Waals surface area contributed by atoms with Crippen molar-refractivity contribution < 1.29 is 9.47 Å². The number of benzene rings is 1. The number of hydrogen-bond acceptors (Lipinski definition) is 3. The molecule has 3 heteroatoms. The van der Waals surface area contributed by atoms with Gasteiger partial charge in [-0.15, -0.1) is 0 Å². The third kappa shape index (κ3) is 2.90. The van der Waals surface area contributed by atoms with Crippen molar-refractivity contribution in [3.05, 3.63) is 34.9 Å². The molecule has 0 amide bonds. The van der Waals surface area contributed by atoms with E-state index in [2.05, 4.69) is 37.4 Å². The molecule has 2 aliphatic rings. The second-order valence-electron chi connectivity index (χ2n) is 6.25. The van der Waals surface area contributed by atoms with Crippen LogP contribution in [0, 0.1) is 13.8 Å². The van der Waals surface area contributed by atoms with Crippen LogP contribution in [0.25, 0.3) is 0 Å². The van der Waals surface area contributed by atoms with Crippen molar-refractivity contribution in [3.8, 4) is 0 Å². The average Bonchev–Trinajstić information content (AvgIpc) is 2.82. The molecule has 3 nitrogen and oxygen atoms in total. The van der Waals surface area contributed by atoms with Gasteiger partial charge in [0.1, 0.15) is 0 Å².